The summed E-state index contributed by atoms with van der Waals surface area (Å²) in [6.45, 7) is 0.762. The van der Waals surface area contributed by atoms with Crippen LogP contribution in [0.25, 0.3) is 10.4 Å². The van der Waals surface area contributed by atoms with Gasteiger partial charge < -0.3 is 4.74 Å². The van der Waals surface area contributed by atoms with E-state index in [0.717, 1.165) is 31.6 Å². The van der Waals surface area contributed by atoms with E-state index in [1.807, 2.05) is 0 Å². The summed E-state index contributed by atoms with van der Waals surface area (Å²) in [7, 11) is 0. The smallest absolute Gasteiger partial charge is 0.0962 e. The van der Waals surface area contributed by atoms with Gasteiger partial charge in [-0.25, -0.2) is 0 Å². The van der Waals surface area contributed by atoms with Gasteiger partial charge in [0.2, 0.25) is 0 Å². The predicted molar refractivity (Wildman–Crippen MR) is 85.9 cm³/mol. The molecule has 20 heavy (non-hydrogen) atoms. The van der Waals surface area contributed by atoms with E-state index < -0.39 is 0 Å². The fourth-order valence-electron chi connectivity index (χ4n) is 2.28. The zero-order chi connectivity index (χ0) is 13.6. The molecule has 0 atom stereocenters. The second kappa shape index (κ2) is 6.58. The number of benzene rings is 1. The second-order valence-corrected chi connectivity index (χ2v) is 5.82. The molecule has 0 N–H and O–H groups in total. The van der Waals surface area contributed by atoms with Crippen LogP contribution in [0.4, 0.5) is 0 Å². The van der Waals surface area contributed by atoms with E-state index in [2.05, 4.69) is 60.0 Å². The highest BCUT2D eigenvalue weighted by molar-refractivity contribution is 7.13. The lowest BCUT2D eigenvalue weighted by molar-refractivity contribution is 0.205. The highest BCUT2D eigenvalue weighted by atomic mass is 32.1. The van der Waals surface area contributed by atoms with Crippen molar-refractivity contribution in [3.05, 3.63) is 71.3 Å². The largest absolute Gasteiger partial charge is 0.498 e. The Kier molecular flexibility index (Phi) is 4.34. The molecule has 102 valence electrons. The normalized spacial score (nSPS) is 14.1. The highest BCUT2D eigenvalue weighted by Gasteiger charge is 2.02. The standard InChI is InChI=1S/C18H18OS/c1-2-5-17(6-3-1)19-13-12-15-8-10-16(11-9-15)18-7-4-14-20-18/h1-2,4-5,7-11,14H,3,6,12-13H2. The third-order valence-electron chi connectivity index (χ3n) is 3.41. The fourth-order valence-corrected chi connectivity index (χ4v) is 3.01. The number of rotatable bonds is 5. The average Bonchev–Trinajstić information content (AvgIpc) is 3.03. The molecular formula is C18H18OS. The van der Waals surface area contributed by atoms with Gasteiger partial charge in [-0.3, -0.25) is 0 Å². The Morgan fingerprint density at radius 3 is 2.70 bits per heavy atom. The van der Waals surface area contributed by atoms with Crippen molar-refractivity contribution in [2.75, 3.05) is 6.61 Å². The summed E-state index contributed by atoms with van der Waals surface area (Å²) in [6, 6.07) is 13.1. The molecule has 1 nitrogen and oxygen atoms in total. The first-order chi connectivity index (χ1) is 9.92. The van der Waals surface area contributed by atoms with Crippen molar-refractivity contribution in [1.82, 2.24) is 0 Å². The summed E-state index contributed by atoms with van der Waals surface area (Å²) in [4.78, 5) is 1.33. The Balaban J connectivity index is 1.53. The molecular weight excluding hydrogens is 264 g/mol. The van der Waals surface area contributed by atoms with Crippen LogP contribution in [-0.2, 0) is 11.2 Å². The quantitative estimate of drug-likeness (QED) is 0.731. The number of ether oxygens (including phenoxy) is 1. The van der Waals surface area contributed by atoms with Crippen molar-refractivity contribution < 1.29 is 4.74 Å². The Bertz CT molecular complexity index is 591. The maximum absolute atomic E-state index is 5.80. The van der Waals surface area contributed by atoms with Crippen molar-refractivity contribution in [3.8, 4) is 10.4 Å². The van der Waals surface area contributed by atoms with E-state index in [1.165, 1.54) is 16.0 Å². The summed E-state index contributed by atoms with van der Waals surface area (Å²) < 4.78 is 5.80. The van der Waals surface area contributed by atoms with E-state index in [0.29, 0.717) is 0 Å². The van der Waals surface area contributed by atoms with Crippen LogP contribution in [0.2, 0.25) is 0 Å². The van der Waals surface area contributed by atoms with Gasteiger partial charge in [0, 0.05) is 17.7 Å². The molecule has 0 unspecified atom stereocenters. The third kappa shape index (κ3) is 3.40. The Labute approximate surface area is 124 Å². The summed E-state index contributed by atoms with van der Waals surface area (Å²) >= 11 is 1.78. The third-order valence-corrected chi connectivity index (χ3v) is 4.33. The van der Waals surface area contributed by atoms with Crippen molar-refractivity contribution in [2.24, 2.45) is 0 Å². The van der Waals surface area contributed by atoms with Gasteiger partial charge in [-0.1, -0.05) is 42.5 Å². The van der Waals surface area contributed by atoms with Crippen LogP contribution in [0.3, 0.4) is 0 Å². The zero-order valence-corrected chi connectivity index (χ0v) is 12.2. The summed E-state index contributed by atoms with van der Waals surface area (Å²) in [6.07, 6.45) is 9.43. The minimum Gasteiger partial charge on any atom is -0.498 e. The fraction of sp³-hybridized carbons (Fsp3) is 0.222. The molecule has 1 aromatic carbocycles. The summed E-state index contributed by atoms with van der Waals surface area (Å²) in [5, 5.41) is 2.11. The molecule has 2 aromatic rings. The van der Waals surface area contributed by atoms with Crippen LogP contribution in [-0.4, -0.2) is 6.61 Å². The van der Waals surface area contributed by atoms with E-state index in [4.69, 9.17) is 4.74 Å². The molecule has 2 heteroatoms. The van der Waals surface area contributed by atoms with Crippen LogP contribution >= 0.6 is 11.3 Å². The highest BCUT2D eigenvalue weighted by Crippen LogP contribution is 2.24. The lowest BCUT2D eigenvalue weighted by atomic mass is 10.1. The maximum atomic E-state index is 5.80. The van der Waals surface area contributed by atoms with Crippen molar-refractivity contribution in [2.45, 2.75) is 19.3 Å². The lowest BCUT2D eigenvalue weighted by Crippen LogP contribution is -2.00. The Hall–Kier alpha value is -1.80. The van der Waals surface area contributed by atoms with Crippen molar-refractivity contribution in [3.63, 3.8) is 0 Å². The molecule has 0 aliphatic heterocycles. The second-order valence-electron chi connectivity index (χ2n) is 4.87. The van der Waals surface area contributed by atoms with Crippen molar-refractivity contribution in [1.29, 1.82) is 0 Å². The van der Waals surface area contributed by atoms with E-state index >= 15 is 0 Å². The molecule has 1 aliphatic carbocycles. The molecule has 1 aromatic heterocycles. The molecule has 0 radical (unpaired) electrons. The molecule has 0 amide bonds. The molecule has 0 saturated carbocycles. The number of hydrogen-bond acceptors (Lipinski definition) is 2. The van der Waals surface area contributed by atoms with Gasteiger partial charge in [0.15, 0.2) is 0 Å². The molecule has 0 bridgehead atoms. The van der Waals surface area contributed by atoms with Crippen LogP contribution in [0.5, 0.6) is 0 Å². The lowest BCUT2D eigenvalue weighted by Gasteiger charge is -2.11. The Morgan fingerprint density at radius 2 is 2.00 bits per heavy atom. The Morgan fingerprint density at radius 1 is 1.10 bits per heavy atom. The average molecular weight is 282 g/mol. The van der Waals surface area contributed by atoms with Gasteiger partial charge in [-0.15, -0.1) is 11.3 Å². The van der Waals surface area contributed by atoms with Gasteiger partial charge in [0.1, 0.15) is 0 Å². The van der Waals surface area contributed by atoms with E-state index in [-0.39, 0.29) is 0 Å². The number of thiophene rings is 1. The minimum absolute atomic E-state index is 0.762. The molecule has 1 aliphatic rings. The summed E-state index contributed by atoms with van der Waals surface area (Å²) in [5.41, 5.74) is 2.63. The van der Waals surface area contributed by atoms with Crippen molar-refractivity contribution >= 4 is 11.3 Å². The first-order valence-electron chi connectivity index (χ1n) is 7.03. The predicted octanol–water partition coefficient (Wildman–Crippen LogP) is 5.21. The zero-order valence-electron chi connectivity index (χ0n) is 11.4. The minimum atomic E-state index is 0.762. The van der Waals surface area contributed by atoms with Crippen LogP contribution in [0.1, 0.15) is 18.4 Å². The molecule has 1 heterocycles. The van der Waals surface area contributed by atoms with E-state index in [9.17, 15) is 0 Å². The molecule has 0 spiro atoms. The topological polar surface area (TPSA) is 9.23 Å². The monoisotopic (exact) mass is 282 g/mol. The van der Waals surface area contributed by atoms with Gasteiger partial charge in [-0.2, -0.15) is 0 Å². The molecule has 0 saturated heterocycles. The first-order valence-corrected chi connectivity index (χ1v) is 7.91. The van der Waals surface area contributed by atoms with Crippen LogP contribution < -0.4 is 0 Å². The number of allylic oxidation sites excluding steroid dienone is 4. The van der Waals surface area contributed by atoms with Gasteiger partial charge >= 0.3 is 0 Å². The van der Waals surface area contributed by atoms with E-state index in [1.54, 1.807) is 11.3 Å². The maximum Gasteiger partial charge on any atom is 0.0962 e. The molecule has 0 fully saturated rings. The first kappa shape index (κ1) is 13.2. The summed E-state index contributed by atoms with van der Waals surface area (Å²) in [5.74, 6) is 1.11. The van der Waals surface area contributed by atoms with Crippen LogP contribution in [0.15, 0.2) is 65.8 Å². The van der Waals surface area contributed by atoms with Crippen LogP contribution in [0, 0.1) is 0 Å². The van der Waals surface area contributed by atoms with Gasteiger partial charge in [0.05, 0.1) is 12.4 Å². The number of hydrogen-bond donors (Lipinski definition) is 0. The van der Waals surface area contributed by atoms with Gasteiger partial charge in [0.25, 0.3) is 0 Å². The molecule has 3 rings (SSSR count). The van der Waals surface area contributed by atoms with Gasteiger partial charge in [-0.05, 0) is 35.1 Å². The SMILES string of the molecule is C1=CCCC(OCCc2ccc(-c3cccs3)cc2)=C1.